The fourth-order valence-electron chi connectivity index (χ4n) is 1.55. The third-order valence-corrected chi connectivity index (χ3v) is 3.52. The maximum absolute atomic E-state index is 4.39. The molecule has 2 aromatic rings. The first kappa shape index (κ1) is 13.2. The second kappa shape index (κ2) is 6.61. The fourth-order valence-corrected chi connectivity index (χ4v) is 2.35. The van der Waals surface area contributed by atoms with Gasteiger partial charge in [-0.25, -0.2) is 4.98 Å². The van der Waals surface area contributed by atoms with Crippen molar-refractivity contribution in [3.8, 4) is 0 Å². The van der Waals surface area contributed by atoms with Crippen molar-refractivity contribution in [2.24, 2.45) is 0 Å². The molecule has 0 saturated carbocycles. The number of aromatic nitrogens is 2. The molecule has 2 rings (SSSR count). The summed E-state index contributed by atoms with van der Waals surface area (Å²) >= 11 is 1.80. The monoisotopic (exact) mass is 261 g/mol. The number of H-pyrrole nitrogens is 1. The summed E-state index contributed by atoms with van der Waals surface area (Å²) < 4.78 is 0. The Hall–Kier alpha value is -1.26. The van der Waals surface area contributed by atoms with Crippen LogP contribution in [0.2, 0.25) is 0 Å². The molecule has 1 aromatic carbocycles. The molecule has 0 saturated heterocycles. The fraction of sp³-hybridized carbons (Fsp3) is 0.357. The van der Waals surface area contributed by atoms with Gasteiger partial charge in [0.2, 0.25) is 0 Å². The van der Waals surface area contributed by atoms with Gasteiger partial charge in [0.05, 0.1) is 5.75 Å². The summed E-state index contributed by atoms with van der Waals surface area (Å²) in [5.41, 5.74) is 1.15. The lowest BCUT2D eigenvalue weighted by Gasteiger charge is -2.05. The standard InChI is InChI=1S/C14H19N3S/c1-11(2)15-8-12-9-16-14(17-12)10-18-13-6-4-3-5-7-13/h3-7,9,11,15H,8,10H2,1-2H3,(H,16,17). The maximum Gasteiger partial charge on any atom is 0.116 e. The Morgan fingerprint density at radius 3 is 2.78 bits per heavy atom. The van der Waals surface area contributed by atoms with Crippen molar-refractivity contribution in [3.63, 3.8) is 0 Å². The molecule has 0 bridgehead atoms. The van der Waals surface area contributed by atoms with E-state index in [1.54, 1.807) is 11.8 Å². The molecule has 3 nitrogen and oxygen atoms in total. The van der Waals surface area contributed by atoms with Crippen molar-refractivity contribution in [1.29, 1.82) is 0 Å². The van der Waals surface area contributed by atoms with Crippen molar-refractivity contribution >= 4 is 11.8 Å². The van der Waals surface area contributed by atoms with Gasteiger partial charge in [-0.3, -0.25) is 0 Å². The molecule has 0 atom stereocenters. The molecule has 2 N–H and O–H groups in total. The van der Waals surface area contributed by atoms with Crippen LogP contribution in [0.15, 0.2) is 41.4 Å². The van der Waals surface area contributed by atoms with Crippen LogP contribution in [0.5, 0.6) is 0 Å². The largest absolute Gasteiger partial charge is 0.344 e. The average molecular weight is 261 g/mol. The van der Waals surface area contributed by atoms with Gasteiger partial charge in [-0.1, -0.05) is 32.0 Å². The number of benzene rings is 1. The van der Waals surface area contributed by atoms with E-state index >= 15 is 0 Å². The van der Waals surface area contributed by atoms with Gasteiger partial charge in [-0.15, -0.1) is 11.8 Å². The number of aromatic amines is 1. The van der Waals surface area contributed by atoms with Gasteiger partial charge >= 0.3 is 0 Å². The van der Waals surface area contributed by atoms with E-state index in [0.29, 0.717) is 6.04 Å². The Labute approximate surface area is 112 Å². The van der Waals surface area contributed by atoms with Crippen LogP contribution in [0.4, 0.5) is 0 Å². The zero-order valence-electron chi connectivity index (χ0n) is 10.8. The number of imidazole rings is 1. The first-order valence-corrected chi connectivity index (χ1v) is 7.16. The Balaban J connectivity index is 1.83. The molecular weight excluding hydrogens is 242 g/mol. The van der Waals surface area contributed by atoms with Crippen LogP contribution in [0.25, 0.3) is 0 Å². The summed E-state index contributed by atoms with van der Waals surface area (Å²) in [5.74, 6) is 1.91. The second-order valence-corrected chi connectivity index (χ2v) is 5.54. The quantitative estimate of drug-likeness (QED) is 0.785. The van der Waals surface area contributed by atoms with Gasteiger partial charge in [0.15, 0.2) is 0 Å². The number of hydrogen-bond donors (Lipinski definition) is 2. The van der Waals surface area contributed by atoms with Crippen molar-refractivity contribution in [2.45, 2.75) is 37.1 Å². The van der Waals surface area contributed by atoms with Gasteiger partial charge in [0, 0.05) is 29.4 Å². The zero-order valence-corrected chi connectivity index (χ0v) is 11.6. The summed E-state index contributed by atoms with van der Waals surface area (Å²) in [6.07, 6.45) is 1.91. The summed E-state index contributed by atoms with van der Waals surface area (Å²) in [6.45, 7) is 5.13. The highest BCUT2D eigenvalue weighted by atomic mass is 32.2. The van der Waals surface area contributed by atoms with E-state index in [0.717, 1.165) is 23.8 Å². The smallest absolute Gasteiger partial charge is 0.116 e. The van der Waals surface area contributed by atoms with E-state index in [9.17, 15) is 0 Å². The third-order valence-electron chi connectivity index (χ3n) is 2.50. The molecule has 0 unspecified atom stereocenters. The topological polar surface area (TPSA) is 40.7 Å². The number of nitrogens with zero attached hydrogens (tertiary/aromatic N) is 1. The Morgan fingerprint density at radius 1 is 1.28 bits per heavy atom. The average Bonchev–Trinajstić information content (AvgIpc) is 2.83. The molecule has 0 radical (unpaired) electrons. The molecule has 18 heavy (non-hydrogen) atoms. The number of nitrogens with one attached hydrogen (secondary N) is 2. The van der Waals surface area contributed by atoms with Gasteiger partial charge in [-0.2, -0.15) is 0 Å². The second-order valence-electron chi connectivity index (χ2n) is 4.49. The van der Waals surface area contributed by atoms with Crippen LogP contribution < -0.4 is 5.32 Å². The molecule has 96 valence electrons. The lowest BCUT2D eigenvalue weighted by molar-refractivity contribution is 0.582. The first-order valence-electron chi connectivity index (χ1n) is 6.18. The van der Waals surface area contributed by atoms with Gasteiger partial charge < -0.3 is 10.3 Å². The van der Waals surface area contributed by atoms with Crippen LogP contribution in [0.1, 0.15) is 25.4 Å². The molecule has 0 aliphatic heterocycles. The first-order chi connectivity index (χ1) is 8.74. The van der Waals surface area contributed by atoms with Crippen LogP contribution in [-0.2, 0) is 12.3 Å². The lowest BCUT2D eigenvalue weighted by atomic mass is 10.4. The minimum absolute atomic E-state index is 0.496. The lowest BCUT2D eigenvalue weighted by Crippen LogP contribution is -2.21. The van der Waals surface area contributed by atoms with Crippen LogP contribution in [-0.4, -0.2) is 16.0 Å². The molecule has 4 heteroatoms. The predicted molar refractivity (Wildman–Crippen MR) is 76.6 cm³/mol. The van der Waals surface area contributed by atoms with Crippen LogP contribution in [0, 0.1) is 0 Å². The van der Waals surface area contributed by atoms with Gasteiger partial charge in [0.25, 0.3) is 0 Å². The van der Waals surface area contributed by atoms with E-state index < -0.39 is 0 Å². The number of rotatable bonds is 6. The predicted octanol–water partition coefficient (Wildman–Crippen LogP) is 3.20. The van der Waals surface area contributed by atoms with Crippen molar-refractivity contribution in [1.82, 2.24) is 15.3 Å². The highest BCUT2D eigenvalue weighted by Gasteiger charge is 2.02. The highest BCUT2D eigenvalue weighted by molar-refractivity contribution is 7.98. The molecule has 0 aliphatic carbocycles. The number of thioether (sulfide) groups is 1. The molecule has 0 spiro atoms. The summed E-state index contributed by atoms with van der Waals surface area (Å²) in [4.78, 5) is 9.01. The Morgan fingerprint density at radius 2 is 2.06 bits per heavy atom. The van der Waals surface area contributed by atoms with E-state index in [2.05, 4.69) is 53.4 Å². The van der Waals surface area contributed by atoms with Crippen molar-refractivity contribution in [3.05, 3.63) is 48.0 Å². The Bertz CT molecular complexity index is 465. The SMILES string of the molecule is CC(C)NCc1cnc(CSc2ccccc2)[nH]1. The number of hydrogen-bond acceptors (Lipinski definition) is 3. The molecule has 0 aliphatic rings. The summed E-state index contributed by atoms with van der Waals surface area (Å²) in [5, 5.41) is 3.37. The Kier molecular flexibility index (Phi) is 4.84. The van der Waals surface area contributed by atoms with Crippen molar-refractivity contribution < 1.29 is 0 Å². The van der Waals surface area contributed by atoms with Crippen LogP contribution in [0.3, 0.4) is 0 Å². The maximum atomic E-state index is 4.39. The minimum Gasteiger partial charge on any atom is -0.344 e. The van der Waals surface area contributed by atoms with E-state index in [4.69, 9.17) is 0 Å². The highest BCUT2D eigenvalue weighted by Crippen LogP contribution is 2.20. The molecular formula is C14H19N3S. The summed E-state index contributed by atoms with van der Waals surface area (Å²) in [7, 11) is 0. The van der Waals surface area contributed by atoms with E-state index in [1.807, 2.05) is 12.3 Å². The van der Waals surface area contributed by atoms with E-state index in [1.165, 1.54) is 4.90 Å². The minimum atomic E-state index is 0.496. The normalized spacial score (nSPS) is 11.1. The van der Waals surface area contributed by atoms with E-state index in [-0.39, 0.29) is 0 Å². The summed E-state index contributed by atoms with van der Waals surface area (Å²) in [6, 6.07) is 10.9. The third kappa shape index (κ3) is 4.20. The van der Waals surface area contributed by atoms with Gasteiger partial charge in [0.1, 0.15) is 5.82 Å². The molecule has 1 heterocycles. The molecule has 0 amide bonds. The van der Waals surface area contributed by atoms with Gasteiger partial charge in [-0.05, 0) is 12.1 Å². The zero-order chi connectivity index (χ0) is 12.8. The molecule has 0 fully saturated rings. The van der Waals surface area contributed by atoms with Crippen molar-refractivity contribution in [2.75, 3.05) is 0 Å². The molecule has 1 aromatic heterocycles. The van der Waals surface area contributed by atoms with Crippen LogP contribution >= 0.6 is 11.8 Å².